The van der Waals surface area contributed by atoms with Crippen LogP contribution >= 0.6 is 0 Å². The average Bonchev–Trinajstić information content (AvgIpc) is 2.58. The van der Waals surface area contributed by atoms with Crippen molar-refractivity contribution in [1.29, 1.82) is 0 Å². The summed E-state index contributed by atoms with van der Waals surface area (Å²) in [5, 5.41) is 3.06. The molecule has 3 nitrogen and oxygen atoms in total. The minimum Gasteiger partial charge on any atom is -0.465 e. The fourth-order valence-electron chi connectivity index (χ4n) is 3.17. The molecule has 0 spiro atoms. The Morgan fingerprint density at radius 2 is 1.17 bits per heavy atom. The summed E-state index contributed by atoms with van der Waals surface area (Å²) >= 11 is 0. The molecule has 3 heteroatoms. The lowest BCUT2D eigenvalue weighted by atomic mass is 10.0. The van der Waals surface area contributed by atoms with Gasteiger partial charge in [-0.3, -0.25) is 4.79 Å². The van der Waals surface area contributed by atoms with E-state index in [4.69, 9.17) is 4.74 Å². The van der Waals surface area contributed by atoms with Crippen molar-refractivity contribution in [2.75, 3.05) is 13.7 Å². The topological polar surface area (TPSA) is 38.3 Å². The van der Waals surface area contributed by atoms with Crippen LogP contribution in [0.3, 0.4) is 0 Å². The van der Waals surface area contributed by atoms with Gasteiger partial charge >= 0.3 is 5.97 Å². The molecule has 0 rings (SSSR count). The van der Waals surface area contributed by atoms with Gasteiger partial charge < -0.3 is 10.1 Å². The van der Waals surface area contributed by atoms with Gasteiger partial charge in [-0.1, -0.05) is 96.8 Å². The molecule has 144 valence electrons. The summed E-state index contributed by atoms with van der Waals surface area (Å²) in [6.45, 7) is 4.60. The van der Waals surface area contributed by atoms with E-state index >= 15 is 0 Å². The molecule has 1 atom stereocenters. The Morgan fingerprint density at radius 1 is 0.750 bits per heavy atom. The molecule has 0 aliphatic rings. The number of carbonyl (C=O) groups is 1. The first-order valence-corrected chi connectivity index (χ1v) is 10.6. The normalized spacial score (nSPS) is 12.3. The summed E-state index contributed by atoms with van der Waals surface area (Å²) < 4.78 is 5.06. The maximum Gasteiger partial charge on any atom is 0.323 e. The Morgan fingerprint density at radius 3 is 1.54 bits per heavy atom. The van der Waals surface area contributed by atoms with Crippen molar-refractivity contribution in [3.8, 4) is 0 Å². The van der Waals surface area contributed by atoms with Gasteiger partial charge in [0.1, 0.15) is 6.04 Å². The number of esters is 1. The molecule has 0 aromatic carbocycles. The SMILES string of the molecule is CCCCCCCCCCCCCCCCC(NC)C(=O)OCC. The van der Waals surface area contributed by atoms with Crippen LogP contribution in [0.15, 0.2) is 0 Å². The minimum atomic E-state index is -0.123. The minimum absolute atomic E-state index is 0.102. The van der Waals surface area contributed by atoms with E-state index in [0.29, 0.717) is 6.61 Å². The van der Waals surface area contributed by atoms with Gasteiger partial charge in [0.2, 0.25) is 0 Å². The van der Waals surface area contributed by atoms with E-state index in [2.05, 4.69) is 12.2 Å². The van der Waals surface area contributed by atoms with Gasteiger partial charge in [-0.05, 0) is 20.4 Å². The zero-order valence-electron chi connectivity index (χ0n) is 16.7. The molecule has 0 bridgehead atoms. The number of likely N-dealkylation sites (N-methyl/N-ethyl adjacent to an activating group) is 1. The van der Waals surface area contributed by atoms with E-state index in [0.717, 1.165) is 12.8 Å². The molecule has 0 fully saturated rings. The Hall–Kier alpha value is -0.570. The van der Waals surface area contributed by atoms with Gasteiger partial charge in [-0.2, -0.15) is 0 Å². The van der Waals surface area contributed by atoms with Crippen molar-refractivity contribution >= 4 is 5.97 Å². The Balaban J connectivity index is 3.26. The molecule has 1 unspecified atom stereocenters. The highest BCUT2D eigenvalue weighted by atomic mass is 16.5. The number of nitrogens with one attached hydrogen (secondary N) is 1. The van der Waals surface area contributed by atoms with Crippen LogP contribution in [0.2, 0.25) is 0 Å². The number of ether oxygens (including phenoxy) is 1. The van der Waals surface area contributed by atoms with E-state index < -0.39 is 0 Å². The van der Waals surface area contributed by atoms with Crippen LogP contribution < -0.4 is 5.32 Å². The molecular weight excluding hydrogens is 298 g/mol. The van der Waals surface area contributed by atoms with E-state index in [1.807, 2.05) is 14.0 Å². The third-order valence-electron chi connectivity index (χ3n) is 4.77. The van der Waals surface area contributed by atoms with Crippen molar-refractivity contribution in [2.45, 2.75) is 116 Å². The third-order valence-corrected chi connectivity index (χ3v) is 4.77. The first kappa shape index (κ1) is 23.4. The number of unbranched alkanes of at least 4 members (excludes halogenated alkanes) is 13. The second-order valence-corrected chi connectivity index (χ2v) is 6.98. The molecule has 0 saturated carbocycles. The predicted octanol–water partition coefficient (Wildman–Crippen LogP) is 6.01. The standard InChI is InChI=1S/C21H43NO2/c1-4-6-7-8-9-10-11-12-13-14-15-16-17-18-19-20(22-3)21(23)24-5-2/h20,22H,4-19H2,1-3H3. The second kappa shape index (κ2) is 18.8. The van der Waals surface area contributed by atoms with Crippen LogP contribution in [0.25, 0.3) is 0 Å². The second-order valence-electron chi connectivity index (χ2n) is 6.98. The van der Waals surface area contributed by atoms with Crippen LogP contribution in [-0.2, 0) is 9.53 Å². The fraction of sp³-hybridized carbons (Fsp3) is 0.952. The van der Waals surface area contributed by atoms with Crippen LogP contribution in [0.5, 0.6) is 0 Å². The highest BCUT2D eigenvalue weighted by Crippen LogP contribution is 2.13. The van der Waals surface area contributed by atoms with Gasteiger partial charge in [-0.15, -0.1) is 0 Å². The van der Waals surface area contributed by atoms with Crippen molar-refractivity contribution in [1.82, 2.24) is 5.32 Å². The number of hydrogen-bond acceptors (Lipinski definition) is 3. The van der Waals surface area contributed by atoms with Crippen LogP contribution in [0, 0.1) is 0 Å². The van der Waals surface area contributed by atoms with Crippen LogP contribution in [0.4, 0.5) is 0 Å². The summed E-state index contributed by atoms with van der Waals surface area (Å²) in [6.07, 6.45) is 20.0. The molecule has 0 amide bonds. The average molecular weight is 342 g/mol. The van der Waals surface area contributed by atoms with Crippen molar-refractivity contribution < 1.29 is 9.53 Å². The van der Waals surface area contributed by atoms with Gasteiger partial charge in [0, 0.05) is 0 Å². The van der Waals surface area contributed by atoms with Crippen molar-refractivity contribution in [3.63, 3.8) is 0 Å². The highest BCUT2D eigenvalue weighted by Gasteiger charge is 2.16. The molecule has 24 heavy (non-hydrogen) atoms. The van der Waals surface area contributed by atoms with E-state index in [-0.39, 0.29) is 12.0 Å². The first-order chi connectivity index (χ1) is 11.8. The molecule has 0 saturated heterocycles. The lowest BCUT2D eigenvalue weighted by Crippen LogP contribution is -2.35. The molecule has 0 aromatic rings. The van der Waals surface area contributed by atoms with Gasteiger partial charge in [0.05, 0.1) is 6.61 Å². The van der Waals surface area contributed by atoms with E-state index in [1.165, 1.54) is 83.5 Å². The summed E-state index contributed by atoms with van der Waals surface area (Å²) in [5.74, 6) is -0.102. The van der Waals surface area contributed by atoms with Crippen molar-refractivity contribution in [3.05, 3.63) is 0 Å². The smallest absolute Gasteiger partial charge is 0.323 e. The Bertz CT molecular complexity index is 269. The summed E-state index contributed by atoms with van der Waals surface area (Å²) in [4.78, 5) is 11.7. The zero-order chi connectivity index (χ0) is 17.9. The first-order valence-electron chi connectivity index (χ1n) is 10.6. The van der Waals surface area contributed by atoms with Gasteiger partial charge in [0.15, 0.2) is 0 Å². The Labute approximate surface area is 151 Å². The maximum atomic E-state index is 11.7. The predicted molar refractivity (Wildman–Crippen MR) is 104 cm³/mol. The summed E-state index contributed by atoms with van der Waals surface area (Å²) in [6, 6.07) is -0.123. The van der Waals surface area contributed by atoms with E-state index in [9.17, 15) is 4.79 Å². The monoisotopic (exact) mass is 341 g/mol. The Kier molecular flexibility index (Phi) is 18.3. The molecule has 1 N–H and O–H groups in total. The molecule has 0 aromatic heterocycles. The lowest BCUT2D eigenvalue weighted by molar-refractivity contribution is -0.145. The summed E-state index contributed by atoms with van der Waals surface area (Å²) in [7, 11) is 1.84. The highest BCUT2D eigenvalue weighted by molar-refractivity contribution is 5.75. The third kappa shape index (κ3) is 15.0. The largest absolute Gasteiger partial charge is 0.465 e. The maximum absolute atomic E-state index is 11.7. The molecule has 0 heterocycles. The summed E-state index contributed by atoms with van der Waals surface area (Å²) in [5.41, 5.74) is 0. The quantitative estimate of drug-likeness (QED) is 0.245. The lowest BCUT2D eigenvalue weighted by Gasteiger charge is -2.14. The molecule has 0 aliphatic heterocycles. The van der Waals surface area contributed by atoms with Gasteiger partial charge in [-0.25, -0.2) is 0 Å². The van der Waals surface area contributed by atoms with E-state index in [1.54, 1.807) is 0 Å². The van der Waals surface area contributed by atoms with Crippen molar-refractivity contribution in [2.24, 2.45) is 0 Å². The molecule has 0 aliphatic carbocycles. The molecule has 0 radical (unpaired) electrons. The van der Waals surface area contributed by atoms with Crippen LogP contribution in [0.1, 0.15) is 110 Å². The zero-order valence-corrected chi connectivity index (χ0v) is 16.7. The van der Waals surface area contributed by atoms with Crippen LogP contribution in [-0.4, -0.2) is 25.7 Å². The number of carbonyl (C=O) groups excluding carboxylic acids is 1. The number of hydrogen-bond donors (Lipinski definition) is 1. The molecular formula is C21H43NO2. The fourth-order valence-corrected chi connectivity index (χ4v) is 3.17. The van der Waals surface area contributed by atoms with Gasteiger partial charge in [0.25, 0.3) is 0 Å². The number of rotatable bonds is 18.